The van der Waals surface area contributed by atoms with Gasteiger partial charge in [-0.3, -0.25) is 4.98 Å². The molecule has 1 aliphatic heterocycles. The van der Waals surface area contributed by atoms with Gasteiger partial charge in [-0.05, 0) is 49.4 Å². The number of halogens is 1. The predicted octanol–water partition coefficient (Wildman–Crippen LogP) is 3.75. The van der Waals surface area contributed by atoms with Crippen molar-refractivity contribution in [2.45, 2.75) is 36.7 Å². The average Bonchev–Trinajstić information content (AvgIpc) is 3.39. The van der Waals surface area contributed by atoms with E-state index in [9.17, 15) is 5.11 Å². The van der Waals surface area contributed by atoms with Gasteiger partial charge in [0.25, 0.3) is 0 Å². The fourth-order valence-corrected chi connectivity index (χ4v) is 4.05. The molecule has 0 unspecified atom stereocenters. The lowest BCUT2D eigenvalue weighted by molar-refractivity contribution is -0.0279. The third kappa shape index (κ3) is 3.08. The minimum atomic E-state index is -0.720. The fraction of sp³-hybridized carbons (Fsp3) is 0.450. The summed E-state index contributed by atoms with van der Waals surface area (Å²) in [4.78, 5) is 6.66. The zero-order valence-corrected chi connectivity index (χ0v) is 14.5. The Balaban J connectivity index is 1.41. The highest BCUT2D eigenvalue weighted by Gasteiger charge is 2.46. The summed E-state index contributed by atoms with van der Waals surface area (Å²) in [6.07, 6.45) is 7.59. The van der Waals surface area contributed by atoms with Crippen molar-refractivity contribution in [3.8, 4) is 0 Å². The van der Waals surface area contributed by atoms with Gasteiger partial charge in [0.1, 0.15) is 0 Å². The number of aliphatic hydroxyl groups is 1. The minimum absolute atomic E-state index is 0.300. The van der Waals surface area contributed by atoms with Crippen LogP contribution in [-0.2, 0) is 11.0 Å². The fourth-order valence-electron chi connectivity index (χ4n) is 3.93. The average molecular weight is 343 g/mol. The van der Waals surface area contributed by atoms with Gasteiger partial charge in [-0.1, -0.05) is 29.8 Å². The molecule has 1 N–H and O–H groups in total. The van der Waals surface area contributed by atoms with E-state index in [1.165, 1.54) is 18.4 Å². The topological polar surface area (TPSA) is 36.4 Å². The highest BCUT2D eigenvalue weighted by molar-refractivity contribution is 6.30. The molecule has 0 radical (unpaired) electrons. The van der Waals surface area contributed by atoms with E-state index < -0.39 is 5.60 Å². The van der Waals surface area contributed by atoms with Crippen LogP contribution in [0.2, 0.25) is 5.02 Å². The van der Waals surface area contributed by atoms with Crippen LogP contribution in [0.25, 0.3) is 0 Å². The molecule has 0 atom stereocenters. The van der Waals surface area contributed by atoms with Crippen LogP contribution < -0.4 is 0 Å². The number of piperidine rings is 1. The van der Waals surface area contributed by atoms with Gasteiger partial charge < -0.3 is 10.0 Å². The Hall–Kier alpha value is -1.42. The zero-order valence-electron chi connectivity index (χ0n) is 13.8. The summed E-state index contributed by atoms with van der Waals surface area (Å²) in [5.74, 6) is 0. The van der Waals surface area contributed by atoms with Crippen molar-refractivity contribution >= 4 is 11.6 Å². The molecule has 1 saturated heterocycles. The van der Waals surface area contributed by atoms with Gasteiger partial charge in [0.15, 0.2) is 0 Å². The van der Waals surface area contributed by atoms with Crippen LogP contribution in [-0.4, -0.2) is 34.6 Å². The van der Waals surface area contributed by atoms with E-state index in [1.807, 2.05) is 24.3 Å². The molecule has 126 valence electrons. The smallest absolute Gasteiger partial charge is 0.0935 e. The van der Waals surface area contributed by atoms with Gasteiger partial charge in [-0.15, -0.1) is 0 Å². The van der Waals surface area contributed by atoms with Gasteiger partial charge in [0.05, 0.1) is 5.60 Å². The number of hydrogen-bond donors (Lipinski definition) is 1. The Labute approximate surface area is 148 Å². The largest absolute Gasteiger partial charge is 0.385 e. The van der Waals surface area contributed by atoms with E-state index in [2.05, 4.69) is 22.0 Å². The molecule has 1 aromatic carbocycles. The maximum Gasteiger partial charge on any atom is 0.0935 e. The van der Waals surface area contributed by atoms with E-state index in [1.54, 1.807) is 12.4 Å². The van der Waals surface area contributed by atoms with Crippen LogP contribution in [0, 0.1) is 0 Å². The first-order valence-corrected chi connectivity index (χ1v) is 9.09. The second-order valence-corrected chi connectivity index (χ2v) is 7.77. The Bertz CT molecular complexity index is 689. The van der Waals surface area contributed by atoms with Gasteiger partial charge in [-0.2, -0.15) is 0 Å². The Morgan fingerprint density at radius 3 is 2.29 bits per heavy atom. The molecule has 1 saturated carbocycles. The number of likely N-dealkylation sites (tertiary alicyclic amines) is 1. The van der Waals surface area contributed by atoms with Crippen LogP contribution in [0.1, 0.15) is 36.8 Å². The van der Waals surface area contributed by atoms with Gasteiger partial charge in [-0.25, -0.2) is 0 Å². The van der Waals surface area contributed by atoms with Gasteiger partial charge >= 0.3 is 0 Å². The summed E-state index contributed by atoms with van der Waals surface area (Å²) in [6.45, 7) is 2.94. The van der Waals surface area contributed by atoms with Crippen molar-refractivity contribution in [1.29, 1.82) is 0 Å². The SMILES string of the molecule is OC1(c2cccnc2)CCN(CC2(c3ccc(Cl)cc3)CC2)CC1. The molecule has 1 aliphatic carbocycles. The quantitative estimate of drug-likeness (QED) is 0.919. The Morgan fingerprint density at radius 2 is 1.71 bits per heavy atom. The molecule has 4 heteroatoms. The van der Waals surface area contributed by atoms with Crippen molar-refractivity contribution in [2.24, 2.45) is 0 Å². The molecule has 0 spiro atoms. The molecule has 1 aromatic heterocycles. The first-order chi connectivity index (χ1) is 11.6. The van der Waals surface area contributed by atoms with Crippen molar-refractivity contribution in [3.05, 3.63) is 64.9 Å². The molecule has 2 heterocycles. The maximum atomic E-state index is 10.9. The number of aromatic nitrogens is 1. The molecule has 0 bridgehead atoms. The molecule has 2 fully saturated rings. The molecule has 0 amide bonds. The summed E-state index contributed by atoms with van der Waals surface area (Å²) >= 11 is 6.02. The Kier molecular flexibility index (Phi) is 4.11. The van der Waals surface area contributed by atoms with E-state index in [0.29, 0.717) is 5.41 Å². The monoisotopic (exact) mass is 342 g/mol. The highest BCUT2D eigenvalue weighted by atomic mass is 35.5. The molecule has 2 aromatic rings. The standard InChI is InChI=1S/C20H23ClN2O/c21-18-5-3-16(4-6-18)19(7-8-19)15-23-12-9-20(24,10-13-23)17-2-1-11-22-14-17/h1-6,11,14,24H,7-10,12-13,15H2. The van der Waals surface area contributed by atoms with Crippen molar-refractivity contribution in [1.82, 2.24) is 9.88 Å². The van der Waals surface area contributed by atoms with E-state index in [0.717, 1.165) is 43.1 Å². The van der Waals surface area contributed by atoms with Gasteiger partial charge in [0.2, 0.25) is 0 Å². The third-order valence-corrected chi connectivity index (χ3v) is 5.97. The van der Waals surface area contributed by atoms with E-state index >= 15 is 0 Å². The van der Waals surface area contributed by atoms with Crippen molar-refractivity contribution in [3.63, 3.8) is 0 Å². The number of rotatable bonds is 4. The Morgan fingerprint density at radius 1 is 1.00 bits per heavy atom. The number of pyridine rings is 1. The normalized spacial score (nSPS) is 22.2. The van der Waals surface area contributed by atoms with Crippen LogP contribution in [0.5, 0.6) is 0 Å². The summed E-state index contributed by atoms with van der Waals surface area (Å²) in [7, 11) is 0. The van der Waals surface area contributed by atoms with Gasteiger partial charge in [0, 0.05) is 48.0 Å². The lowest BCUT2D eigenvalue weighted by Gasteiger charge is -2.39. The van der Waals surface area contributed by atoms with Crippen LogP contribution in [0.4, 0.5) is 0 Å². The molecular formula is C20H23ClN2O. The van der Waals surface area contributed by atoms with Crippen molar-refractivity contribution in [2.75, 3.05) is 19.6 Å². The third-order valence-electron chi connectivity index (χ3n) is 5.72. The summed E-state index contributed by atoms with van der Waals surface area (Å²) in [6, 6.07) is 12.2. The van der Waals surface area contributed by atoms with E-state index in [-0.39, 0.29) is 0 Å². The molecule has 3 nitrogen and oxygen atoms in total. The molecule has 4 rings (SSSR count). The summed E-state index contributed by atoms with van der Waals surface area (Å²) in [5, 5.41) is 11.7. The summed E-state index contributed by atoms with van der Waals surface area (Å²) < 4.78 is 0. The molecule has 24 heavy (non-hydrogen) atoms. The van der Waals surface area contributed by atoms with Crippen LogP contribution in [0.3, 0.4) is 0 Å². The highest BCUT2D eigenvalue weighted by Crippen LogP contribution is 2.49. The van der Waals surface area contributed by atoms with Crippen molar-refractivity contribution < 1.29 is 5.11 Å². The first kappa shape index (κ1) is 16.1. The van der Waals surface area contributed by atoms with Crippen LogP contribution in [0.15, 0.2) is 48.8 Å². The lowest BCUT2D eigenvalue weighted by Crippen LogP contribution is -2.45. The van der Waals surface area contributed by atoms with Crippen LogP contribution >= 0.6 is 11.6 Å². The number of benzene rings is 1. The zero-order chi connectivity index (χ0) is 16.6. The minimum Gasteiger partial charge on any atom is -0.385 e. The van der Waals surface area contributed by atoms with E-state index in [4.69, 9.17) is 11.6 Å². The lowest BCUT2D eigenvalue weighted by atomic mass is 9.84. The second-order valence-electron chi connectivity index (χ2n) is 7.34. The maximum absolute atomic E-state index is 10.9. The predicted molar refractivity (Wildman–Crippen MR) is 96.2 cm³/mol. The summed E-state index contributed by atoms with van der Waals surface area (Å²) in [5.41, 5.74) is 1.93. The molecule has 2 aliphatic rings. The number of nitrogens with zero attached hydrogens (tertiary/aromatic N) is 2. The number of hydrogen-bond acceptors (Lipinski definition) is 3. The molecular weight excluding hydrogens is 320 g/mol. The second kappa shape index (κ2) is 6.14. The first-order valence-electron chi connectivity index (χ1n) is 8.71.